The number of hydrogen-bond donors (Lipinski definition) is 1. The second-order valence-corrected chi connectivity index (χ2v) is 14.7. The molecule has 0 saturated heterocycles. The van der Waals surface area contributed by atoms with Crippen LogP contribution in [0.2, 0.25) is 5.04 Å². The lowest BCUT2D eigenvalue weighted by atomic mass is 10.1. The van der Waals surface area contributed by atoms with E-state index in [1.807, 2.05) is 60.7 Å². The number of ether oxygens (including phenoxy) is 1. The number of nitrogens with zero attached hydrogens (tertiary/aromatic N) is 1. The first-order chi connectivity index (χ1) is 16.4. The summed E-state index contributed by atoms with van der Waals surface area (Å²) in [5.74, 6) is -1.43. The molecule has 0 aliphatic rings. The number of carboxylic acids is 1. The third kappa shape index (κ3) is 5.47. The van der Waals surface area contributed by atoms with Gasteiger partial charge in [-0.2, -0.15) is 0 Å². The number of nitro groups is 1. The Morgan fingerprint density at radius 2 is 1.49 bits per heavy atom. The minimum Gasteiger partial charge on any atom is -0.478 e. The zero-order valence-corrected chi connectivity index (χ0v) is 22.6. The van der Waals surface area contributed by atoms with Crippen molar-refractivity contribution in [2.24, 2.45) is 0 Å². The van der Waals surface area contributed by atoms with Gasteiger partial charge in [0, 0.05) is 10.5 Å². The molecule has 0 fully saturated rings. The van der Waals surface area contributed by atoms with Crippen LogP contribution in [-0.2, 0) is 9.22 Å². The molecule has 35 heavy (non-hydrogen) atoms. The maximum atomic E-state index is 12.4. The summed E-state index contributed by atoms with van der Waals surface area (Å²) < 4.78 is 13.1. The molecule has 0 saturated carbocycles. The molecule has 0 aliphatic carbocycles. The fourth-order valence-electron chi connectivity index (χ4n) is 4.10. The molecule has 1 unspecified atom stereocenters. The lowest BCUT2D eigenvalue weighted by Crippen LogP contribution is -2.68. The van der Waals surface area contributed by atoms with Gasteiger partial charge in [0.15, 0.2) is 5.75 Å². The van der Waals surface area contributed by atoms with Crippen molar-refractivity contribution in [1.29, 1.82) is 0 Å². The number of carbonyl (C=O) groups is 1. The number of hydrogen-bond acceptors (Lipinski definition) is 5. The Balaban J connectivity index is 2.10. The molecular formula is C26H28BrNO6Si. The summed E-state index contributed by atoms with van der Waals surface area (Å²) in [6, 6.07) is 23.8. The minimum atomic E-state index is -3.05. The number of benzene rings is 3. The van der Waals surface area contributed by atoms with E-state index in [0.717, 1.165) is 10.4 Å². The van der Waals surface area contributed by atoms with E-state index in [1.165, 1.54) is 19.1 Å². The van der Waals surface area contributed by atoms with Crippen molar-refractivity contribution in [3.05, 3.63) is 93.4 Å². The number of rotatable bonds is 9. The van der Waals surface area contributed by atoms with Crippen LogP contribution in [0.15, 0.2) is 83.3 Å². The van der Waals surface area contributed by atoms with Gasteiger partial charge in [0.05, 0.1) is 11.5 Å². The molecule has 0 heterocycles. The van der Waals surface area contributed by atoms with E-state index in [2.05, 4.69) is 36.7 Å². The van der Waals surface area contributed by atoms with Crippen molar-refractivity contribution in [3.8, 4) is 5.75 Å². The highest BCUT2D eigenvalue weighted by molar-refractivity contribution is 9.10. The first-order valence-electron chi connectivity index (χ1n) is 11.0. The quantitative estimate of drug-likeness (QED) is 0.222. The molecule has 0 aromatic heterocycles. The van der Waals surface area contributed by atoms with Gasteiger partial charge in [-0.1, -0.05) is 97.4 Å². The van der Waals surface area contributed by atoms with Gasteiger partial charge in [-0.25, -0.2) is 4.79 Å². The fourth-order valence-corrected chi connectivity index (χ4v) is 9.10. The Bertz CT molecular complexity index is 1160. The Morgan fingerprint density at radius 3 is 1.91 bits per heavy atom. The number of aliphatic carboxylic acids is 1. The van der Waals surface area contributed by atoms with Crippen LogP contribution in [0.1, 0.15) is 27.7 Å². The maximum Gasteiger partial charge on any atom is 0.350 e. The van der Waals surface area contributed by atoms with Gasteiger partial charge in [0.25, 0.3) is 8.32 Å². The fraction of sp³-hybridized carbons (Fsp3) is 0.269. The van der Waals surface area contributed by atoms with Crippen LogP contribution in [0.5, 0.6) is 5.75 Å². The van der Waals surface area contributed by atoms with Crippen LogP contribution >= 0.6 is 15.9 Å². The molecule has 0 aliphatic heterocycles. The normalized spacial score (nSPS) is 13.6. The first kappa shape index (κ1) is 26.6. The Hall–Kier alpha value is -3.01. The smallest absolute Gasteiger partial charge is 0.350 e. The van der Waals surface area contributed by atoms with Crippen molar-refractivity contribution in [3.63, 3.8) is 0 Å². The summed E-state index contributed by atoms with van der Waals surface area (Å²) in [4.78, 5) is 23.4. The number of carboxylic acid groups (broad SMARTS) is 1. The van der Waals surface area contributed by atoms with Crippen LogP contribution in [0.4, 0.5) is 5.69 Å². The van der Waals surface area contributed by atoms with Crippen LogP contribution in [-0.4, -0.2) is 36.5 Å². The molecule has 1 N–H and O–H groups in total. The van der Waals surface area contributed by atoms with Crippen molar-refractivity contribution >= 4 is 46.3 Å². The molecule has 3 rings (SSSR count). The predicted molar refractivity (Wildman–Crippen MR) is 141 cm³/mol. The highest BCUT2D eigenvalue weighted by Crippen LogP contribution is 2.38. The van der Waals surface area contributed by atoms with Gasteiger partial charge >= 0.3 is 11.7 Å². The average molecular weight is 559 g/mol. The largest absolute Gasteiger partial charge is 0.478 e. The predicted octanol–water partition coefficient (Wildman–Crippen LogP) is 5.16. The van der Waals surface area contributed by atoms with Gasteiger partial charge in [0.2, 0.25) is 5.60 Å². The zero-order valence-electron chi connectivity index (χ0n) is 20.0. The van der Waals surface area contributed by atoms with Gasteiger partial charge in [0.1, 0.15) is 0 Å². The van der Waals surface area contributed by atoms with E-state index in [9.17, 15) is 20.0 Å². The Morgan fingerprint density at radius 1 is 0.971 bits per heavy atom. The summed E-state index contributed by atoms with van der Waals surface area (Å²) in [5, 5.41) is 23.3. The van der Waals surface area contributed by atoms with Gasteiger partial charge in [-0.3, -0.25) is 10.1 Å². The van der Waals surface area contributed by atoms with Crippen molar-refractivity contribution in [2.45, 2.75) is 38.3 Å². The second-order valence-electron chi connectivity index (χ2n) is 9.46. The van der Waals surface area contributed by atoms with E-state index in [0.29, 0.717) is 4.47 Å². The van der Waals surface area contributed by atoms with E-state index >= 15 is 0 Å². The molecule has 3 aromatic carbocycles. The second kappa shape index (κ2) is 10.3. The SMILES string of the molecule is CC(CO[Si](c1ccccc1)(c1ccccc1)C(C)(C)C)(Oc1ccc(Br)cc1[N+](=O)[O-])C(=O)O. The van der Waals surface area contributed by atoms with E-state index in [1.54, 1.807) is 6.07 Å². The molecular weight excluding hydrogens is 530 g/mol. The van der Waals surface area contributed by atoms with Crippen molar-refractivity contribution in [2.75, 3.05) is 6.61 Å². The molecule has 184 valence electrons. The van der Waals surface area contributed by atoms with Gasteiger partial charge in [-0.15, -0.1) is 0 Å². The van der Waals surface area contributed by atoms with Crippen molar-refractivity contribution < 1.29 is 24.0 Å². The highest BCUT2D eigenvalue weighted by Gasteiger charge is 2.52. The Kier molecular flexibility index (Phi) is 7.83. The van der Waals surface area contributed by atoms with E-state index in [4.69, 9.17) is 9.16 Å². The highest BCUT2D eigenvalue weighted by atomic mass is 79.9. The Labute approximate surface area is 214 Å². The average Bonchev–Trinajstić information content (AvgIpc) is 2.81. The summed E-state index contributed by atoms with van der Waals surface area (Å²) in [5.41, 5.74) is -2.22. The summed E-state index contributed by atoms with van der Waals surface area (Å²) in [6.07, 6.45) is 0. The standard InChI is InChI=1S/C26H28BrNO6Si/c1-25(2,3)35(20-11-7-5-8-12-20,21-13-9-6-10-14-21)33-18-26(4,24(29)30)34-23-16-15-19(27)17-22(23)28(31)32/h5-17H,18H2,1-4H3,(H,29,30). The summed E-state index contributed by atoms with van der Waals surface area (Å²) >= 11 is 3.21. The number of halogens is 1. The third-order valence-electron chi connectivity index (χ3n) is 5.89. The molecule has 0 bridgehead atoms. The van der Waals surface area contributed by atoms with Crippen LogP contribution < -0.4 is 15.1 Å². The van der Waals surface area contributed by atoms with Crippen LogP contribution in [0.3, 0.4) is 0 Å². The third-order valence-corrected chi connectivity index (χ3v) is 11.4. The molecule has 0 spiro atoms. The van der Waals surface area contributed by atoms with E-state index < -0.39 is 24.8 Å². The van der Waals surface area contributed by atoms with Crippen LogP contribution in [0, 0.1) is 10.1 Å². The first-order valence-corrected chi connectivity index (χ1v) is 13.7. The van der Waals surface area contributed by atoms with Gasteiger partial charge < -0.3 is 14.3 Å². The lowest BCUT2D eigenvalue weighted by molar-refractivity contribution is -0.386. The number of nitro benzene ring substituents is 1. The maximum absolute atomic E-state index is 12.4. The molecule has 7 nitrogen and oxygen atoms in total. The molecule has 0 radical (unpaired) electrons. The minimum absolute atomic E-state index is 0.144. The molecule has 3 aromatic rings. The van der Waals surface area contributed by atoms with Crippen molar-refractivity contribution in [1.82, 2.24) is 0 Å². The molecule has 0 amide bonds. The topological polar surface area (TPSA) is 98.9 Å². The van der Waals surface area contributed by atoms with Gasteiger partial charge in [-0.05, 0) is 34.5 Å². The molecule has 9 heteroatoms. The monoisotopic (exact) mass is 557 g/mol. The zero-order chi connectivity index (χ0) is 25.9. The van der Waals surface area contributed by atoms with Crippen LogP contribution in [0.25, 0.3) is 0 Å². The van der Waals surface area contributed by atoms with E-state index in [-0.39, 0.29) is 23.1 Å². The lowest BCUT2D eigenvalue weighted by Gasteiger charge is -2.44. The summed E-state index contributed by atoms with van der Waals surface area (Å²) in [7, 11) is -3.05. The summed E-state index contributed by atoms with van der Waals surface area (Å²) in [6.45, 7) is 7.30. The molecule has 1 atom stereocenters.